The largest absolute Gasteiger partial charge is 0.463 e. The molecule has 0 radical (unpaired) electrons. The van der Waals surface area contributed by atoms with Gasteiger partial charge in [0.2, 0.25) is 0 Å². The third kappa shape index (κ3) is 5.63. The van der Waals surface area contributed by atoms with Gasteiger partial charge in [-0.15, -0.1) is 11.6 Å². The molecule has 2 nitrogen and oxygen atoms in total. The van der Waals surface area contributed by atoms with Crippen LogP contribution in [0.1, 0.15) is 13.8 Å². The molecule has 0 saturated carbocycles. The molecule has 0 aromatic rings. The molecule has 0 fully saturated rings. The topological polar surface area (TPSA) is 26.3 Å². The van der Waals surface area contributed by atoms with Gasteiger partial charge in [-0.25, -0.2) is 4.79 Å². The van der Waals surface area contributed by atoms with Gasteiger partial charge < -0.3 is 4.74 Å². The van der Waals surface area contributed by atoms with Crippen LogP contribution in [0.25, 0.3) is 0 Å². The van der Waals surface area contributed by atoms with Gasteiger partial charge in [-0.2, -0.15) is 0 Å². The van der Waals surface area contributed by atoms with Crippen molar-refractivity contribution in [3.05, 3.63) is 12.2 Å². The first-order valence-electron chi connectivity index (χ1n) is 3.15. The van der Waals surface area contributed by atoms with E-state index in [1.165, 1.54) is 6.08 Å². The summed E-state index contributed by atoms with van der Waals surface area (Å²) in [5.74, 6) is -0.338. The van der Waals surface area contributed by atoms with Crippen molar-refractivity contribution in [2.45, 2.75) is 19.2 Å². The van der Waals surface area contributed by atoms with E-state index >= 15 is 0 Å². The van der Waals surface area contributed by atoms with Crippen molar-refractivity contribution in [1.82, 2.24) is 0 Å². The first-order valence-corrected chi connectivity index (χ1v) is 3.59. The molecule has 0 N–H and O–H groups in total. The zero-order valence-corrected chi connectivity index (χ0v) is 6.89. The summed E-state index contributed by atoms with van der Waals surface area (Å²) in [6, 6.07) is 0. The minimum absolute atomic E-state index is 0.121. The second-order valence-corrected chi connectivity index (χ2v) is 2.48. The van der Waals surface area contributed by atoms with E-state index in [1.807, 2.05) is 0 Å². The van der Waals surface area contributed by atoms with Gasteiger partial charge in [0, 0.05) is 11.5 Å². The fourth-order valence-electron chi connectivity index (χ4n) is 0.402. The van der Waals surface area contributed by atoms with Crippen LogP contribution in [0.5, 0.6) is 0 Å². The molecule has 0 rings (SSSR count). The van der Waals surface area contributed by atoms with Crippen LogP contribution in [0.4, 0.5) is 0 Å². The first-order chi connectivity index (χ1) is 4.66. The summed E-state index contributed by atoms with van der Waals surface area (Å²) in [5.41, 5.74) is 0. The zero-order chi connectivity index (χ0) is 7.98. The molecule has 0 aliphatic heterocycles. The van der Waals surface area contributed by atoms with Crippen LogP contribution >= 0.6 is 11.6 Å². The Kier molecular flexibility index (Phi) is 5.03. The third-order valence-electron chi connectivity index (χ3n) is 0.784. The van der Waals surface area contributed by atoms with E-state index in [9.17, 15) is 4.79 Å². The minimum Gasteiger partial charge on any atom is -0.463 e. The number of halogens is 1. The van der Waals surface area contributed by atoms with Crippen molar-refractivity contribution in [1.29, 1.82) is 0 Å². The summed E-state index contributed by atoms with van der Waals surface area (Å²) in [6.45, 7) is 3.94. The lowest BCUT2D eigenvalue weighted by Crippen LogP contribution is -1.99. The molecule has 0 aliphatic carbocycles. The van der Waals surface area contributed by atoms with Crippen LogP contribution in [-0.4, -0.2) is 18.0 Å². The molecular formula is C7H11ClO2. The Balaban J connectivity index is 3.56. The number of carbonyl (C=O) groups is 1. The molecule has 0 bridgehead atoms. The number of rotatable bonds is 3. The lowest BCUT2D eigenvalue weighted by atomic mass is 10.4. The Hall–Kier alpha value is -0.500. The molecule has 0 unspecified atom stereocenters. The second-order valence-electron chi connectivity index (χ2n) is 1.79. The lowest BCUT2D eigenvalue weighted by molar-refractivity contribution is -0.137. The summed E-state index contributed by atoms with van der Waals surface area (Å²) >= 11 is 5.53. The van der Waals surface area contributed by atoms with E-state index in [2.05, 4.69) is 4.74 Å². The highest BCUT2D eigenvalue weighted by molar-refractivity contribution is 6.21. The molecule has 1 atom stereocenters. The molecule has 0 aliphatic rings. The average molecular weight is 163 g/mol. The molecule has 0 aromatic carbocycles. The number of carbonyl (C=O) groups excluding carboxylic acids is 1. The number of hydrogen-bond acceptors (Lipinski definition) is 2. The van der Waals surface area contributed by atoms with Crippen LogP contribution in [-0.2, 0) is 9.53 Å². The summed E-state index contributed by atoms with van der Waals surface area (Å²) in [4.78, 5) is 10.6. The maximum Gasteiger partial charge on any atom is 0.330 e. The fourth-order valence-corrected chi connectivity index (χ4v) is 0.474. The normalized spacial score (nSPS) is 13.5. The number of alkyl halides is 1. The van der Waals surface area contributed by atoms with E-state index in [0.717, 1.165) is 0 Å². The Morgan fingerprint density at radius 2 is 2.40 bits per heavy atom. The molecule has 0 spiro atoms. The van der Waals surface area contributed by atoms with Crippen LogP contribution < -0.4 is 0 Å². The maximum absolute atomic E-state index is 10.6. The second kappa shape index (κ2) is 5.30. The monoisotopic (exact) mass is 162 g/mol. The van der Waals surface area contributed by atoms with Crippen LogP contribution in [0.15, 0.2) is 12.2 Å². The molecule has 0 saturated heterocycles. The van der Waals surface area contributed by atoms with Crippen molar-refractivity contribution < 1.29 is 9.53 Å². The predicted octanol–water partition coefficient (Wildman–Crippen LogP) is 1.73. The Morgan fingerprint density at radius 1 is 1.80 bits per heavy atom. The molecule has 0 amide bonds. The summed E-state index contributed by atoms with van der Waals surface area (Å²) in [5, 5.41) is -0.121. The van der Waals surface area contributed by atoms with Gasteiger partial charge in [0.15, 0.2) is 0 Å². The summed E-state index contributed by atoms with van der Waals surface area (Å²) in [6.07, 6.45) is 2.92. The first kappa shape index (κ1) is 9.50. The number of hydrogen-bond donors (Lipinski definition) is 0. The predicted molar refractivity (Wildman–Crippen MR) is 41.1 cm³/mol. The van der Waals surface area contributed by atoms with E-state index in [4.69, 9.17) is 11.6 Å². The van der Waals surface area contributed by atoms with Crippen molar-refractivity contribution in [3.63, 3.8) is 0 Å². The molecular weight excluding hydrogens is 152 g/mol. The fraction of sp³-hybridized carbons (Fsp3) is 0.571. The standard InChI is InChI=1S/C7H11ClO2/c1-3-10-7(9)5-4-6(2)8/h4-6H,3H2,1-2H3/b5-4+/t6-/m1/s1. The molecule has 3 heteroatoms. The van der Waals surface area contributed by atoms with Crippen molar-refractivity contribution in [2.75, 3.05) is 6.61 Å². The highest BCUT2D eigenvalue weighted by Crippen LogP contribution is 1.94. The quantitative estimate of drug-likeness (QED) is 0.359. The van der Waals surface area contributed by atoms with Gasteiger partial charge >= 0.3 is 5.97 Å². The van der Waals surface area contributed by atoms with Crippen molar-refractivity contribution >= 4 is 17.6 Å². The van der Waals surface area contributed by atoms with E-state index in [1.54, 1.807) is 19.9 Å². The van der Waals surface area contributed by atoms with E-state index in [-0.39, 0.29) is 11.3 Å². The van der Waals surface area contributed by atoms with Crippen LogP contribution in [0.2, 0.25) is 0 Å². The van der Waals surface area contributed by atoms with Gasteiger partial charge in [-0.1, -0.05) is 6.08 Å². The highest BCUT2D eigenvalue weighted by Gasteiger charge is 1.93. The number of allylic oxidation sites excluding steroid dienone is 1. The summed E-state index contributed by atoms with van der Waals surface area (Å²) < 4.78 is 4.61. The number of ether oxygens (including phenoxy) is 1. The average Bonchev–Trinajstić information content (AvgIpc) is 1.85. The van der Waals surface area contributed by atoms with Crippen molar-refractivity contribution in [2.24, 2.45) is 0 Å². The SMILES string of the molecule is CCOC(=O)/C=C/[C@@H](C)Cl. The van der Waals surface area contributed by atoms with Crippen LogP contribution in [0.3, 0.4) is 0 Å². The zero-order valence-electron chi connectivity index (χ0n) is 6.13. The molecule has 0 heterocycles. The molecule has 10 heavy (non-hydrogen) atoms. The number of esters is 1. The third-order valence-corrected chi connectivity index (χ3v) is 0.930. The minimum atomic E-state index is -0.338. The smallest absolute Gasteiger partial charge is 0.330 e. The Labute approximate surface area is 65.8 Å². The lowest BCUT2D eigenvalue weighted by Gasteiger charge is -1.94. The van der Waals surface area contributed by atoms with Gasteiger partial charge in [-0.05, 0) is 13.8 Å². The Morgan fingerprint density at radius 3 is 2.80 bits per heavy atom. The van der Waals surface area contributed by atoms with E-state index < -0.39 is 0 Å². The van der Waals surface area contributed by atoms with Gasteiger partial charge in [-0.3, -0.25) is 0 Å². The molecule has 0 aromatic heterocycles. The maximum atomic E-state index is 10.6. The van der Waals surface area contributed by atoms with Gasteiger partial charge in [0.25, 0.3) is 0 Å². The van der Waals surface area contributed by atoms with Gasteiger partial charge in [0.1, 0.15) is 0 Å². The summed E-state index contributed by atoms with van der Waals surface area (Å²) in [7, 11) is 0. The van der Waals surface area contributed by atoms with Crippen LogP contribution in [0, 0.1) is 0 Å². The highest BCUT2D eigenvalue weighted by atomic mass is 35.5. The van der Waals surface area contributed by atoms with E-state index in [0.29, 0.717) is 6.61 Å². The molecule has 58 valence electrons. The van der Waals surface area contributed by atoms with Gasteiger partial charge in [0.05, 0.1) is 6.61 Å². The Bertz CT molecular complexity index is 130. The van der Waals surface area contributed by atoms with Crippen molar-refractivity contribution in [3.8, 4) is 0 Å².